The van der Waals surface area contributed by atoms with E-state index in [1.165, 1.54) is 10.6 Å². The summed E-state index contributed by atoms with van der Waals surface area (Å²) in [5.41, 5.74) is 0.881. The van der Waals surface area contributed by atoms with Crippen molar-refractivity contribution in [3.05, 3.63) is 30.4 Å². The van der Waals surface area contributed by atoms with Crippen LogP contribution in [0, 0.1) is 6.92 Å². The summed E-state index contributed by atoms with van der Waals surface area (Å²) in [6, 6.07) is 3.71. The number of imide groups is 1. The molecule has 0 spiro atoms. The smallest absolute Gasteiger partial charge is 0.229 e. The van der Waals surface area contributed by atoms with E-state index in [4.69, 9.17) is 0 Å². The van der Waals surface area contributed by atoms with Crippen LogP contribution in [0.1, 0.15) is 25.0 Å². The highest BCUT2D eigenvalue weighted by atomic mass is 32.2. The second-order valence-electron chi connectivity index (χ2n) is 7.63. The summed E-state index contributed by atoms with van der Waals surface area (Å²) in [5.74, 6) is 0.524. The highest BCUT2D eigenvalue weighted by molar-refractivity contribution is 7.89. The molecular weight excluding hydrogens is 422 g/mol. The number of carbonyl (C=O) groups is 2. The fraction of sp³-hybridized carbons (Fsp3) is 0.526. The van der Waals surface area contributed by atoms with Gasteiger partial charge in [0.05, 0.1) is 11.4 Å². The molecule has 2 saturated heterocycles. The quantitative estimate of drug-likeness (QED) is 0.566. The van der Waals surface area contributed by atoms with Crippen molar-refractivity contribution in [2.24, 2.45) is 0 Å². The van der Waals surface area contributed by atoms with Crippen molar-refractivity contribution < 1.29 is 18.0 Å². The first kappa shape index (κ1) is 21.4. The van der Waals surface area contributed by atoms with Crippen molar-refractivity contribution in [3.8, 4) is 5.82 Å². The average molecular weight is 448 g/mol. The Morgan fingerprint density at radius 3 is 2.32 bits per heavy atom. The Bertz CT molecular complexity index is 1060. The molecule has 4 rings (SSSR count). The van der Waals surface area contributed by atoms with Crippen molar-refractivity contribution in [1.29, 1.82) is 0 Å². The van der Waals surface area contributed by atoms with Gasteiger partial charge in [0.25, 0.3) is 0 Å². The van der Waals surface area contributed by atoms with Crippen LogP contribution in [0.5, 0.6) is 0 Å². The number of nitrogens with zero attached hydrogens (tertiary/aromatic N) is 7. The molecule has 2 fully saturated rings. The van der Waals surface area contributed by atoms with E-state index in [9.17, 15) is 18.0 Å². The topological polar surface area (TPSA) is 122 Å². The molecule has 4 heterocycles. The zero-order chi connectivity index (χ0) is 22.0. The van der Waals surface area contributed by atoms with Crippen molar-refractivity contribution in [3.63, 3.8) is 0 Å². The fourth-order valence-electron chi connectivity index (χ4n) is 3.76. The molecule has 0 N–H and O–H groups in total. The summed E-state index contributed by atoms with van der Waals surface area (Å²) in [6.07, 6.45) is 4.42. The number of piperidine rings is 1. The van der Waals surface area contributed by atoms with Crippen molar-refractivity contribution in [1.82, 2.24) is 29.0 Å². The van der Waals surface area contributed by atoms with Gasteiger partial charge in [-0.05, 0) is 19.4 Å². The summed E-state index contributed by atoms with van der Waals surface area (Å²) in [7, 11) is -3.57. The van der Waals surface area contributed by atoms with E-state index >= 15 is 0 Å². The minimum Gasteiger partial charge on any atom is -0.354 e. The maximum atomic E-state index is 12.7. The van der Waals surface area contributed by atoms with E-state index in [1.807, 2.05) is 30.2 Å². The Balaban J connectivity index is 1.36. The van der Waals surface area contributed by atoms with Crippen LogP contribution in [-0.2, 0) is 19.6 Å². The van der Waals surface area contributed by atoms with Crippen LogP contribution in [0.25, 0.3) is 5.82 Å². The predicted molar refractivity (Wildman–Crippen MR) is 112 cm³/mol. The van der Waals surface area contributed by atoms with E-state index in [0.29, 0.717) is 57.1 Å². The second kappa shape index (κ2) is 8.71. The van der Waals surface area contributed by atoms with Gasteiger partial charge in [0, 0.05) is 57.8 Å². The number of piperazine rings is 1. The predicted octanol–water partition coefficient (Wildman–Crippen LogP) is -0.0384. The highest BCUT2D eigenvalue weighted by Gasteiger charge is 2.31. The van der Waals surface area contributed by atoms with Crippen molar-refractivity contribution in [2.75, 3.05) is 43.4 Å². The molecule has 2 aliphatic heterocycles. The molecule has 0 radical (unpaired) electrons. The van der Waals surface area contributed by atoms with Gasteiger partial charge in [-0.1, -0.05) is 0 Å². The van der Waals surface area contributed by atoms with Crippen molar-refractivity contribution in [2.45, 2.75) is 26.2 Å². The number of aryl methyl sites for hydroxylation is 1. The van der Waals surface area contributed by atoms with Gasteiger partial charge in [0.1, 0.15) is 12.1 Å². The minimum atomic E-state index is -3.57. The maximum absolute atomic E-state index is 12.7. The number of sulfonamides is 1. The van der Waals surface area contributed by atoms with Gasteiger partial charge in [-0.2, -0.15) is 9.40 Å². The van der Waals surface area contributed by atoms with E-state index in [2.05, 4.69) is 15.1 Å². The number of carbonyl (C=O) groups excluding carboxylic acids is 2. The van der Waals surface area contributed by atoms with E-state index in [1.54, 1.807) is 4.68 Å². The largest absolute Gasteiger partial charge is 0.354 e. The molecule has 31 heavy (non-hydrogen) atoms. The molecule has 2 aromatic heterocycles. The Hall–Kier alpha value is -2.86. The minimum absolute atomic E-state index is 0.0846. The first-order valence-electron chi connectivity index (χ1n) is 10.2. The molecule has 2 amide bonds. The molecule has 11 nitrogen and oxygen atoms in total. The van der Waals surface area contributed by atoms with E-state index < -0.39 is 10.0 Å². The highest BCUT2D eigenvalue weighted by Crippen LogP contribution is 2.18. The first-order chi connectivity index (χ1) is 14.8. The number of aromatic nitrogens is 4. The third-order valence-electron chi connectivity index (χ3n) is 5.51. The van der Waals surface area contributed by atoms with Gasteiger partial charge in [0.15, 0.2) is 5.82 Å². The summed E-state index contributed by atoms with van der Waals surface area (Å²) in [5, 5.41) is 4.35. The Morgan fingerprint density at radius 2 is 1.68 bits per heavy atom. The molecule has 0 atom stereocenters. The molecule has 12 heteroatoms. The number of rotatable bonds is 6. The zero-order valence-electron chi connectivity index (χ0n) is 17.3. The van der Waals surface area contributed by atoms with Crippen molar-refractivity contribution >= 4 is 27.7 Å². The van der Waals surface area contributed by atoms with Gasteiger partial charge in [-0.3, -0.25) is 14.5 Å². The average Bonchev–Trinajstić information content (AvgIpc) is 3.20. The molecule has 0 unspecified atom stereocenters. The summed E-state index contributed by atoms with van der Waals surface area (Å²) in [6.45, 7) is 3.40. The molecule has 0 aromatic carbocycles. The SMILES string of the molecule is Cc1ccn(-c2cc(N3CCN(S(=O)(=O)CCN4C(=O)CCCC4=O)CC3)ncn2)n1. The van der Waals surface area contributed by atoms with Crippen LogP contribution in [0.2, 0.25) is 0 Å². The molecular formula is C19H25N7O4S. The molecule has 0 bridgehead atoms. The fourth-order valence-corrected chi connectivity index (χ4v) is 5.15. The summed E-state index contributed by atoms with van der Waals surface area (Å²) < 4.78 is 28.6. The van der Waals surface area contributed by atoms with Crippen LogP contribution in [-0.4, -0.2) is 87.7 Å². The lowest BCUT2D eigenvalue weighted by molar-refractivity contribution is -0.147. The van der Waals surface area contributed by atoms with Gasteiger partial charge in [-0.15, -0.1) is 0 Å². The lowest BCUT2D eigenvalue weighted by Gasteiger charge is -2.35. The summed E-state index contributed by atoms with van der Waals surface area (Å²) >= 11 is 0. The van der Waals surface area contributed by atoms with Crippen LogP contribution in [0.15, 0.2) is 24.7 Å². The molecule has 166 valence electrons. The molecule has 2 aliphatic rings. The Kier molecular flexibility index (Phi) is 6.01. The van der Waals surface area contributed by atoms with Gasteiger partial charge >= 0.3 is 0 Å². The van der Waals surface area contributed by atoms with Gasteiger partial charge in [-0.25, -0.2) is 23.1 Å². The van der Waals surface area contributed by atoms with Gasteiger partial charge in [0.2, 0.25) is 21.8 Å². The van der Waals surface area contributed by atoms with Crippen LogP contribution >= 0.6 is 0 Å². The molecule has 2 aromatic rings. The zero-order valence-corrected chi connectivity index (χ0v) is 18.2. The van der Waals surface area contributed by atoms with Gasteiger partial charge < -0.3 is 4.90 Å². The number of anilines is 1. The monoisotopic (exact) mass is 447 g/mol. The van der Waals surface area contributed by atoms with E-state index in [-0.39, 0.29) is 24.1 Å². The van der Waals surface area contributed by atoms with Crippen LogP contribution < -0.4 is 4.90 Å². The van der Waals surface area contributed by atoms with Crippen LogP contribution in [0.3, 0.4) is 0 Å². The maximum Gasteiger partial charge on any atom is 0.229 e. The normalized spacial score (nSPS) is 18.6. The number of hydrogen-bond acceptors (Lipinski definition) is 8. The Labute approximate surface area is 180 Å². The molecule has 0 saturated carbocycles. The van der Waals surface area contributed by atoms with E-state index in [0.717, 1.165) is 10.6 Å². The third-order valence-corrected chi connectivity index (χ3v) is 7.36. The van der Waals surface area contributed by atoms with Crippen LogP contribution in [0.4, 0.5) is 5.82 Å². The lowest BCUT2D eigenvalue weighted by Crippen LogP contribution is -2.51. The third kappa shape index (κ3) is 4.74. The number of likely N-dealkylation sites (tertiary alicyclic amines) is 1. The lowest BCUT2D eigenvalue weighted by atomic mass is 10.1. The standard InChI is InChI=1S/C19H25N7O4S/c1-15-5-6-26(22-15)17-13-16(20-14-21-17)23-7-9-24(10-8-23)31(29,30)12-11-25-18(27)3-2-4-19(25)28/h5-6,13-14H,2-4,7-12H2,1H3. The number of hydrogen-bond donors (Lipinski definition) is 0. The Morgan fingerprint density at radius 1 is 1.00 bits per heavy atom. The number of amides is 2. The second-order valence-corrected chi connectivity index (χ2v) is 9.72. The molecule has 0 aliphatic carbocycles. The summed E-state index contributed by atoms with van der Waals surface area (Å²) in [4.78, 5) is 35.5. The first-order valence-corrected chi connectivity index (χ1v) is 11.8.